The molecule has 0 aliphatic carbocycles. The van der Waals surface area contributed by atoms with Crippen LogP contribution in [0.4, 0.5) is 13.2 Å². The molecule has 4 aromatic heterocycles. The third-order valence-electron chi connectivity index (χ3n) is 6.19. The number of alkyl halides is 3. The van der Waals surface area contributed by atoms with Gasteiger partial charge in [0.2, 0.25) is 5.88 Å². The van der Waals surface area contributed by atoms with Gasteiger partial charge in [-0.25, -0.2) is 9.97 Å². The highest BCUT2D eigenvalue weighted by atomic mass is 19.4. The zero-order valence-electron chi connectivity index (χ0n) is 20.3. The van der Waals surface area contributed by atoms with E-state index in [0.29, 0.717) is 40.4 Å². The summed E-state index contributed by atoms with van der Waals surface area (Å²) in [6.07, 6.45) is 4.35. The summed E-state index contributed by atoms with van der Waals surface area (Å²) in [7, 11) is 1.52. The maximum absolute atomic E-state index is 12.7. The molecular formula is C25H26F3N5O4. The molecule has 1 fully saturated rings. The van der Waals surface area contributed by atoms with Crippen molar-refractivity contribution in [2.75, 3.05) is 20.3 Å². The van der Waals surface area contributed by atoms with Crippen LogP contribution in [-0.4, -0.2) is 62.0 Å². The smallest absolute Gasteiger partial charge is 0.408 e. The molecule has 37 heavy (non-hydrogen) atoms. The fourth-order valence-corrected chi connectivity index (χ4v) is 4.43. The summed E-state index contributed by atoms with van der Waals surface area (Å²) in [5.74, 6) is 0.672. The average molecular weight is 518 g/mol. The molecular weight excluding hydrogens is 491 g/mol. The first-order valence-corrected chi connectivity index (χ1v) is 11.8. The van der Waals surface area contributed by atoms with Gasteiger partial charge in [0, 0.05) is 30.8 Å². The van der Waals surface area contributed by atoms with E-state index in [1.54, 1.807) is 24.5 Å². The van der Waals surface area contributed by atoms with Crippen LogP contribution in [-0.2, 0) is 11.3 Å². The van der Waals surface area contributed by atoms with Crippen molar-refractivity contribution in [3.8, 4) is 34.5 Å². The fraction of sp³-hybridized carbons (Fsp3) is 0.400. The lowest BCUT2D eigenvalue weighted by Gasteiger charge is -2.23. The van der Waals surface area contributed by atoms with Crippen LogP contribution in [0.15, 0.2) is 36.9 Å². The SMILES string of the molecule is COc1ncc(-c2cc(C)c3c(O)n(-c4cnn(CC(F)(F)F)c4)cc3n2)cc1OCC1CCCCO1. The molecule has 1 aliphatic rings. The zero-order valence-corrected chi connectivity index (χ0v) is 20.3. The van der Waals surface area contributed by atoms with Gasteiger partial charge in [-0.05, 0) is 43.9 Å². The molecule has 0 radical (unpaired) electrons. The average Bonchev–Trinajstić information content (AvgIpc) is 3.46. The number of hydrogen-bond donors (Lipinski definition) is 1. The maximum atomic E-state index is 12.7. The summed E-state index contributed by atoms with van der Waals surface area (Å²) in [5.41, 5.74) is 2.74. The van der Waals surface area contributed by atoms with Gasteiger partial charge in [0.25, 0.3) is 5.88 Å². The largest absolute Gasteiger partial charge is 0.494 e. The van der Waals surface area contributed by atoms with Crippen molar-refractivity contribution in [2.24, 2.45) is 0 Å². The number of fused-ring (bicyclic) bond motifs is 1. The molecule has 0 spiro atoms. The molecule has 1 aliphatic heterocycles. The second kappa shape index (κ2) is 9.92. The van der Waals surface area contributed by atoms with E-state index in [9.17, 15) is 18.3 Å². The number of pyridine rings is 2. The van der Waals surface area contributed by atoms with Gasteiger partial charge in [0.15, 0.2) is 5.75 Å². The first kappa shape index (κ1) is 24.9. The number of methoxy groups -OCH3 is 1. The molecule has 1 N–H and O–H groups in total. The predicted molar refractivity (Wildman–Crippen MR) is 128 cm³/mol. The number of ether oxygens (including phenoxy) is 3. The third kappa shape index (κ3) is 5.33. The van der Waals surface area contributed by atoms with Crippen LogP contribution in [0, 0.1) is 6.92 Å². The molecule has 0 saturated carbocycles. The van der Waals surface area contributed by atoms with Gasteiger partial charge in [0.05, 0.1) is 41.7 Å². The molecule has 1 atom stereocenters. The minimum atomic E-state index is -4.40. The van der Waals surface area contributed by atoms with E-state index in [1.807, 2.05) is 6.92 Å². The van der Waals surface area contributed by atoms with Gasteiger partial charge >= 0.3 is 6.18 Å². The Hall–Kier alpha value is -3.80. The molecule has 0 aromatic carbocycles. The summed E-state index contributed by atoms with van der Waals surface area (Å²) < 4.78 is 57.4. The number of aromatic nitrogens is 5. The number of rotatable bonds is 7. The van der Waals surface area contributed by atoms with Crippen LogP contribution in [0.3, 0.4) is 0 Å². The van der Waals surface area contributed by atoms with Gasteiger partial charge < -0.3 is 19.3 Å². The van der Waals surface area contributed by atoms with E-state index >= 15 is 0 Å². The van der Waals surface area contributed by atoms with Crippen LogP contribution >= 0.6 is 0 Å². The highest BCUT2D eigenvalue weighted by molar-refractivity contribution is 5.90. The quantitative estimate of drug-likeness (QED) is 0.376. The maximum Gasteiger partial charge on any atom is 0.408 e. The molecule has 1 unspecified atom stereocenters. The van der Waals surface area contributed by atoms with Gasteiger partial charge in [-0.1, -0.05) is 0 Å². The number of nitrogens with zero attached hydrogens (tertiary/aromatic N) is 5. The van der Waals surface area contributed by atoms with E-state index < -0.39 is 12.7 Å². The highest BCUT2D eigenvalue weighted by Crippen LogP contribution is 2.36. The third-order valence-corrected chi connectivity index (χ3v) is 6.19. The zero-order chi connectivity index (χ0) is 26.2. The summed E-state index contributed by atoms with van der Waals surface area (Å²) in [6.45, 7) is 1.70. The van der Waals surface area contributed by atoms with Crippen molar-refractivity contribution in [3.63, 3.8) is 0 Å². The van der Waals surface area contributed by atoms with Crippen LogP contribution in [0.5, 0.6) is 17.5 Å². The Morgan fingerprint density at radius 2 is 2.03 bits per heavy atom. The van der Waals surface area contributed by atoms with Crippen molar-refractivity contribution in [2.45, 2.75) is 45.0 Å². The number of hydrogen-bond acceptors (Lipinski definition) is 7. The first-order chi connectivity index (χ1) is 17.7. The van der Waals surface area contributed by atoms with Gasteiger partial charge in [-0.3, -0.25) is 9.25 Å². The second-order valence-corrected chi connectivity index (χ2v) is 8.95. The minimum Gasteiger partial charge on any atom is -0.494 e. The Kier molecular flexibility index (Phi) is 6.67. The molecule has 12 heteroatoms. The van der Waals surface area contributed by atoms with Crippen molar-refractivity contribution >= 4 is 10.9 Å². The summed E-state index contributed by atoms with van der Waals surface area (Å²) >= 11 is 0. The molecule has 9 nitrogen and oxygen atoms in total. The normalized spacial score (nSPS) is 16.3. The first-order valence-electron chi connectivity index (χ1n) is 11.8. The van der Waals surface area contributed by atoms with Crippen LogP contribution in [0.2, 0.25) is 0 Å². The van der Waals surface area contributed by atoms with E-state index in [4.69, 9.17) is 14.2 Å². The van der Waals surface area contributed by atoms with Gasteiger partial charge in [0.1, 0.15) is 13.2 Å². The lowest BCUT2D eigenvalue weighted by atomic mass is 10.1. The summed E-state index contributed by atoms with van der Waals surface area (Å²) in [6, 6.07) is 3.59. The molecule has 196 valence electrons. The van der Waals surface area contributed by atoms with E-state index in [1.165, 1.54) is 24.1 Å². The van der Waals surface area contributed by atoms with Crippen molar-refractivity contribution < 1.29 is 32.5 Å². The molecule has 1 saturated heterocycles. The lowest BCUT2D eigenvalue weighted by Crippen LogP contribution is -2.25. The Morgan fingerprint density at radius 3 is 2.76 bits per heavy atom. The molecule has 4 aromatic rings. The Morgan fingerprint density at radius 1 is 1.19 bits per heavy atom. The van der Waals surface area contributed by atoms with Crippen molar-refractivity contribution in [3.05, 3.63) is 42.5 Å². The fourth-order valence-electron chi connectivity index (χ4n) is 4.43. The monoisotopic (exact) mass is 517 g/mol. The van der Waals surface area contributed by atoms with Crippen LogP contribution in [0.1, 0.15) is 24.8 Å². The standard InChI is InChI=1S/C25H26F3N5O4/c1-15-7-19(16-8-21(23(35-2)29-9-16)37-13-18-5-3-4-6-36-18)31-20-12-33(24(34)22(15)20)17-10-30-32(11-17)14-25(26,27)28/h7-12,18,34H,3-6,13-14H2,1-2H3. The van der Waals surface area contributed by atoms with Crippen molar-refractivity contribution in [1.29, 1.82) is 0 Å². The van der Waals surface area contributed by atoms with Crippen LogP contribution in [0.25, 0.3) is 27.8 Å². The van der Waals surface area contributed by atoms with Crippen LogP contribution < -0.4 is 9.47 Å². The summed E-state index contributed by atoms with van der Waals surface area (Å²) in [4.78, 5) is 9.04. The Balaban J connectivity index is 1.45. The van der Waals surface area contributed by atoms with Crippen molar-refractivity contribution in [1.82, 2.24) is 24.3 Å². The number of halogens is 3. The second-order valence-electron chi connectivity index (χ2n) is 8.95. The summed E-state index contributed by atoms with van der Waals surface area (Å²) in [5, 5.41) is 15.1. The molecule has 0 amide bonds. The molecule has 0 bridgehead atoms. The molecule has 5 rings (SSSR count). The van der Waals surface area contributed by atoms with Gasteiger partial charge in [-0.15, -0.1) is 0 Å². The Bertz CT molecular complexity index is 1410. The Labute approximate surface area is 210 Å². The molecule has 5 heterocycles. The topological polar surface area (TPSA) is 96.5 Å². The number of aryl methyl sites for hydroxylation is 1. The van der Waals surface area contributed by atoms with Gasteiger partial charge in [-0.2, -0.15) is 18.3 Å². The van der Waals surface area contributed by atoms with E-state index in [-0.39, 0.29) is 17.7 Å². The lowest BCUT2D eigenvalue weighted by molar-refractivity contribution is -0.142. The highest BCUT2D eigenvalue weighted by Gasteiger charge is 2.28. The minimum absolute atomic E-state index is 0.0158. The predicted octanol–water partition coefficient (Wildman–Crippen LogP) is 4.82. The van der Waals surface area contributed by atoms with E-state index in [2.05, 4.69) is 15.1 Å². The number of aromatic hydroxyl groups is 1. The van der Waals surface area contributed by atoms with E-state index in [0.717, 1.165) is 36.1 Å².